The Morgan fingerprint density at radius 1 is 1.09 bits per heavy atom. The van der Waals surface area contributed by atoms with Gasteiger partial charge in [0.05, 0.1) is 30.5 Å². The van der Waals surface area contributed by atoms with Crippen molar-refractivity contribution in [1.29, 1.82) is 0 Å². The summed E-state index contributed by atoms with van der Waals surface area (Å²) in [5.41, 5.74) is 1.30. The zero-order chi connectivity index (χ0) is 23.8. The lowest BCUT2D eigenvalue weighted by molar-refractivity contribution is 0.102. The van der Waals surface area contributed by atoms with Crippen molar-refractivity contribution in [2.24, 2.45) is 0 Å². The molecule has 1 heterocycles. The van der Waals surface area contributed by atoms with Crippen LogP contribution in [-0.4, -0.2) is 71.5 Å². The van der Waals surface area contributed by atoms with Gasteiger partial charge in [-0.1, -0.05) is 25.4 Å². The van der Waals surface area contributed by atoms with Gasteiger partial charge in [-0.15, -0.1) is 5.10 Å². The molecule has 0 radical (unpaired) electrons. The fraction of sp³-hybridized carbons (Fsp3) is 0.364. The predicted octanol–water partition coefficient (Wildman–Crippen LogP) is 3.31. The van der Waals surface area contributed by atoms with E-state index < -0.39 is 5.91 Å². The van der Waals surface area contributed by atoms with Gasteiger partial charge in [0.25, 0.3) is 5.91 Å². The van der Waals surface area contributed by atoms with E-state index in [9.17, 15) is 4.79 Å². The van der Waals surface area contributed by atoms with E-state index in [0.717, 1.165) is 19.6 Å². The van der Waals surface area contributed by atoms with Crippen LogP contribution in [0.1, 0.15) is 24.2 Å². The minimum absolute atomic E-state index is 0.263. The van der Waals surface area contributed by atoms with Gasteiger partial charge in [0, 0.05) is 24.4 Å². The van der Waals surface area contributed by atoms with E-state index >= 15 is 0 Å². The summed E-state index contributed by atoms with van der Waals surface area (Å²) in [6.45, 7) is 7.40. The highest BCUT2D eigenvalue weighted by Crippen LogP contribution is 2.32. The maximum Gasteiger partial charge on any atom is 0.259 e. The zero-order valence-corrected chi connectivity index (χ0v) is 19.8. The molecule has 3 aromatic rings. The van der Waals surface area contributed by atoms with Gasteiger partial charge in [-0.25, -0.2) is 0 Å². The van der Waals surface area contributed by atoms with Gasteiger partial charge in [-0.3, -0.25) is 4.79 Å². The zero-order valence-electron chi connectivity index (χ0n) is 19.0. The van der Waals surface area contributed by atoms with E-state index in [2.05, 4.69) is 39.6 Å². The predicted molar refractivity (Wildman–Crippen MR) is 125 cm³/mol. The fourth-order valence-electron chi connectivity index (χ4n) is 3.23. The van der Waals surface area contributed by atoms with E-state index in [0.29, 0.717) is 40.3 Å². The lowest BCUT2D eigenvalue weighted by atomic mass is 10.1. The first-order chi connectivity index (χ1) is 16.0. The molecule has 0 unspecified atom stereocenters. The molecule has 33 heavy (non-hydrogen) atoms. The molecule has 0 aliphatic heterocycles. The van der Waals surface area contributed by atoms with Crippen LogP contribution in [0, 0.1) is 0 Å². The number of nitrogens with zero attached hydrogens (tertiary/aromatic N) is 5. The smallest absolute Gasteiger partial charge is 0.259 e. The Balaban J connectivity index is 1.79. The van der Waals surface area contributed by atoms with Crippen LogP contribution < -0.4 is 19.5 Å². The average Bonchev–Trinajstić information content (AvgIpc) is 3.36. The number of carbonyl (C=O) groups is 1. The largest absolute Gasteiger partial charge is 0.496 e. The van der Waals surface area contributed by atoms with Crippen LogP contribution in [-0.2, 0) is 0 Å². The maximum atomic E-state index is 13.0. The first-order valence-corrected chi connectivity index (χ1v) is 10.8. The molecule has 0 saturated carbocycles. The highest BCUT2D eigenvalue weighted by Gasteiger charge is 2.18. The van der Waals surface area contributed by atoms with Crippen molar-refractivity contribution < 1.29 is 19.0 Å². The van der Waals surface area contributed by atoms with Gasteiger partial charge >= 0.3 is 0 Å². The number of halogens is 1. The number of hydrogen-bond acceptors (Lipinski definition) is 8. The Kier molecular flexibility index (Phi) is 8.45. The van der Waals surface area contributed by atoms with Crippen LogP contribution in [0.5, 0.6) is 17.2 Å². The molecular weight excluding hydrogens is 448 g/mol. The van der Waals surface area contributed by atoms with Gasteiger partial charge in [0.2, 0.25) is 0 Å². The number of amides is 1. The summed E-state index contributed by atoms with van der Waals surface area (Å²) in [4.78, 5) is 15.3. The van der Waals surface area contributed by atoms with Crippen molar-refractivity contribution in [3.8, 4) is 22.9 Å². The summed E-state index contributed by atoms with van der Waals surface area (Å²) in [7, 11) is 3.04. The molecule has 10 nitrogen and oxygen atoms in total. The molecule has 1 amide bonds. The molecule has 11 heteroatoms. The van der Waals surface area contributed by atoms with Crippen LogP contribution in [0.15, 0.2) is 36.7 Å². The van der Waals surface area contributed by atoms with Crippen molar-refractivity contribution in [3.05, 3.63) is 47.2 Å². The van der Waals surface area contributed by atoms with Gasteiger partial charge < -0.3 is 24.4 Å². The van der Waals surface area contributed by atoms with Crippen molar-refractivity contribution >= 4 is 23.2 Å². The summed E-state index contributed by atoms with van der Waals surface area (Å²) in [6, 6.07) is 8.31. The van der Waals surface area contributed by atoms with E-state index in [1.165, 1.54) is 24.2 Å². The molecule has 0 atom stereocenters. The Morgan fingerprint density at radius 3 is 2.48 bits per heavy atom. The third kappa shape index (κ3) is 5.91. The summed E-state index contributed by atoms with van der Waals surface area (Å²) in [6.07, 6.45) is 1.40. The van der Waals surface area contributed by atoms with E-state index in [-0.39, 0.29) is 5.56 Å². The number of benzene rings is 2. The Bertz CT molecular complexity index is 1070. The van der Waals surface area contributed by atoms with E-state index in [1.807, 2.05) is 0 Å². The number of carbonyl (C=O) groups excluding carboxylic acids is 1. The molecule has 0 bridgehead atoms. The minimum atomic E-state index is -0.392. The molecule has 0 fully saturated rings. The second kappa shape index (κ2) is 11.5. The highest BCUT2D eigenvalue weighted by atomic mass is 35.5. The monoisotopic (exact) mass is 474 g/mol. The number of nitrogens with one attached hydrogen (secondary N) is 1. The molecule has 2 aromatic carbocycles. The molecular formula is C22H27ClN6O4. The molecule has 1 N–H and O–H groups in total. The summed E-state index contributed by atoms with van der Waals surface area (Å²) >= 11 is 6.38. The van der Waals surface area contributed by atoms with Crippen molar-refractivity contribution in [2.75, 3.05) is 45.8 Å². The Hall–Kier alpha value is -3.37. The lowest BCUT2D eigenvalue weighted by Gasteiger charge is -2.19. The number of likely N-dealkylation sites (N-methyl/N-ethyl adjacent to an activating group) is 1. The van der Waals surface area contributed by atoms with Gasteiger partial charge in [0.1, 0.15) is 18.7 Å². The van der Waals surface area contributed by atoms with Crippen LogP contribution in [0.2, 0.25) is 5.02 Å². The quantitative estimate of drug-likeness (QED) is 0.451. The Morgan fingerprint density at radius 2 is 1.85 bits per heavy atom. The molecule has 1 aromatic heterocycles. The third-order valence-electron chi connectivity index (χ3n) is 5.09. The van der Waals surface area contributed by atoms with Crippen molar-refractivity contribution in [1.82, 2.24) is 25.1 Å². The second-order valence-corrected chi connectivity index (χ2v) is 7.36. The number of tetrazole rings is 1. The Labute approximate surface area is 197 Å². The SMILES string of the molecule is CCN(CC)CCOc1cc(NC(=O)c2cc(Cl)c(-n3cnnn3)cc2OC)ccc1OC. The van der Waals surface area contributed by atoms with Gasteiger partial charge in [0.15, 0.2) is 11.5 Å². The topological polar surface area (TPSA) is 104 Å². The molecule has 0 spiro atoms. The molecule has 176 valence electrons. The average molecular weight is 475 g/mol. The standard InChI is InChI=1S/C22H27ClN6O4/c1-5-28(6-2)9-10-33-21-11-15(7-8-19(21)31-3)25-22(30)16-12-17(23)18(13-20(16)32-4)29-14-24-26-27-29/h7-8,11-14H,5-6,9-10H2,1-4H3,(H,25,30). The summed E-state index contributed by atoms with van der Waals surface area (Å²) in [5, 5.41) is 14.2. The number of ether oxygens (including phenoxy) is 3. The normalized spacial score (nSPS) is 10.8. The van der Waals surface area contributed by atoms with Crippen LogP contribution in [0.25, 0.3) is 5.69 Å². The minimum Gasteiger partial charge on any atom is -0.496 e. The summed E-state index contributed by atoms with van der Waals surface area (Å²) < 4.78 is 18.1. The molecule has 3 rings (SSSR count). The number of anilines is 1. The second-order valence-electron chi connectivity index (χ2n) is 6.95. The van der Waals surface area contributed by atoms with Crippen LogP contribution >= 0.6 is 11.6 Å². The summed E-state index contributed by atoms with van der Waals surface area (Å²) in [5.74, 6) is 1.06. The fourth-order valence-corrected chi connectivity index (χ4v) is 3.48. The first kappa shape index (κ1) is 24.3. The highest BCUT2D eigenvalue weighted by molar-refractivity contribution is 6.33. The van der Waals surface area contributed by atoms with Crippen molar-refractivity contribution in [2.45, 2.75) is 13.8 Å². The van der Waals surface area contributed by atoms with Crippen LogP contribution in [0.3, 0.4) is 0 Å². The third-order valence-corrected chi connectivity index (χ3v) is 5.39. The lowest BCUT2D eigenvalue weighted by Crippen LogP contribution is -2.28. The number of methoxy groups -OCH3 is 2. The van der Waals surface area contributed by atoms with E-state index in [1.54, 1.807) is 31.4 Å². The first-order valence-electron chi connectivity index (χ1n) is 10.5. The van der Waals surface area contributed by atoms with E-state index in [4.69, 9.17) is 25.8 Å². The van der Waals surface area contributed by atoms with Crippen molar-refractivity contribution in [3.63, 3.8) is 0 Å². The molecule has 0 aliphatic rings. The van der Waals surface area contributed by atoms with Gasteiger partial charge in [-0.05, 0) is 41.7 Å². The number of rotatable bonds is 11. The van der Waals surface area contributed by atoms with Gasteiger partial charge in [-0.2, -0.15) is 4.68 Å². The molecule has 0 saturated heterocycles. The number of aromatic nitrogens is 4. The maximum absolute atomic E-state index is 13.0. The molecule has 0 aliphatic carbocycles. The number of hydrogen-bond donors (Lipinski definition) is 1. The van der Waals surface area contributed by atoms with Crippen LogP contribution in [0.4, 0.5) is 5.69 Å².